The van der Waals surface area contributed by atoms with Gasteiger partial charge in [-0.1, -0.05) is 25.0 Å². The second-order valence-corrected chi connectivity index (χ2v) is 6.12. The van der Waals surface area contributed by atoms with Crippen LogP contribution in [0.3, 0.4) is 0 Å². The summed E-state index contributed by atoms with van der Waals surface area (Å²) in [6.07, 6.45) is 5.82. The van der Waals surface area contributed by atoms with Crippen LogP contribution < -0.4 is 20.7 Å². The molecule has 1 aliphatic rings. The molecule has 3 N–H and O–H groups in total. The number of nitrogens with two attached hydrogens (primary N) is 1. The molecular formula is C18H29N3O2. The fourth-order valence-corrected chi connectivity index (χ4v) is 3.07. The molecule has 1 heterocycles. The third-order valence-corrected chi connectivity index (χ3v) is 4.34. The Balaban J connectivity index is 1.74. The lowest BCUT2D eigenvalue weighted by Gasteiger charge is -2.21. The average molecular weight is 319 g/mol. The fraction of sp³-hybridized carbons (Fsp3) is 0.611. The van der Waals surface area contributed by atoms with Crippen LogP contribution in [0.15, 0.2) is 24.3 Å². The van der Waals surface area contributed by atoms with Gasteiger partial charge in [-0.15, -0.1) is 0 Å². The Bertz CT molecular complexity index is 493. The molecule has 1 aromatic carbocycles. The van der Waals surface area contributed by atoms with Gasteiger partial charge in [-0.2, -0.15) is 0 Å². The fourth-order valence-electron chi connectivity index (χ4n) is 3.07. The molecule has 1 unspecified atom stereocenters. The van der Waals surface area contributed by atoms with Crippen molar-refractivity contribution in [1.82, 2.24) is 5.32 Å². The molecule has 1 saturated heterocycles. The van der Waals surface area contributed by atoms with Crippen LogP contribution >= 0.6 is 0 Å². The number of benzene rings is 1. The molecule has 2 rings (SSSR count). The van der Waals surface area contributed by atoms with E-state index in [1.165, 1.54) is 0 Å². The number of nitrogens with zero attached hydrogens (tertiary/aromatic N) is 1. The van der Waals surface area contributed by atoms with Crippen LogP contribution in [0.1, 0.15) is 38.5 Å². The summed E-state index contributed by atoms with van der Waals surface area (Å²) in [4.78, 5) is 14.3. The molecule has 1 aromatic rings. The Morgan fingerprint density at radius 2 is 2.09 bits per heavy atom. The van der Waals surface area contributed by atoms with E-state index in [9.17, 15) is 4.79 Å². The Morgan fingerprint density at radius 1 is 1.30 bits per heavy atom. The van der Waals surface area contributed by atoms with Crippen LogP contribution in [-0.2, 0) is 4.79 Å². The first-order chi connectivity index (χ1) is 11.2. The van der Waals surface area contributed by atoms with Gasteiger partial charge in [0, 0.05) is 25.6 Å². The van der Waals surface area contributed by atoms with E-state index >= 15 is 0 Å². The smallest absolute Gasteiger partial charge is 0.220 e. The van der Waals surface area contributed by atoms with Crippen LogP contribution in [0.5, 0.6) is 5.75 Å². The molecule has 5 nitrogen and oxygen atoms in total. The summed E-state index contributed by atoms with van der Waals surface area (Å²) in [5, 5.41) is 3.16. The summed E-state index contributed by atoms with van der Waals surface area (Å²) < 4.78 is 5.42. The normalized spacial score (nSPS) is 17.3. The first-order valence-electron chi connectivity index (χ1n) is 8.62. The number of anilines is 1. The lowest BCUT2D eigenvalue weighted by atomic mass is 10.1. The average Bonchev–Trinajstić information content (AvgIpc) is 3.02. The Kier molecular flexibility index (Phi) is 7.20. The largest absolute Gasteiger partial charge is 0.495 e. The standard InChI is InChI=1S/C18H29N3O2/c1-23-17-9-6-5-8-16(17)21-13-11-15(14-21)20-18(22)10-4-2-3-7-12-19/h5-6,8-9,15H,2-4,7,10-14,19H2,1H3,(H,20,22). The summed E-state index contributed by atoms with van der Waals surface area (Å²) in [6.45, 7) is 2.54. The van der Waals surface area contributed by atoms with Crippen molar-refractivity contribution < 1.29 is 9.53 Å². The van der Waals surface area contributed by atoms with Crippen molar-refractivity contribution in [3.05, 3.63) is 24.3 Å². The molecule has 0 radical (unpaired) electrons. The highest BCUT2D eigenvalue weighted by Crippen LogP contribution is 2.30. The van der Waals surface area contributed by atoms with Gasteiger partial charge in [-0.3, -0.25) is 4.79 Å². The van der Waals surface area contributed by atoms with Crippen molar-refractivity contribution in [2.24, 2.45) is 5.73 Å². The molecule has 0 saturated carbocycles. The number of hydrogen-bond acceptors (Lipinski definition) is 4. The highest BCUT2D eigenvalue weighted by atomic mass is 16.5. The Morgan fingerprint density at radius 3 is 2.87 bits per heavy atom. The second kappa shape index (κ2) is 9.40. The summed E-state index contributed by atoms with van der Waals surface area (Å²) in [5.41, 5.74) is 6.57. The first kappa shape index (κ1) is 17.6. The van der Waals surface area contributed by atoms with E-state index in [2.05, 4.69) is 16.3 Å². The Hall–Kier alpha value is -1.75. The van der Waals surface area contributed by atoms with Gasteiger partial charge in [0.2, 0.25) is 5.91 Å². The molecule has 1 fully saturated rings. The summed E-state index contributed by atoms with van der Waals surface area (Å²) >= 11 is 0. The molecule has 0 bridgehead atoms. The van der Waals surface area contributed by atoms with Crippen molar-refractivity contribution in [3.8, 4) is 5.75 Å². The number of nitrogens with one attached hydrogen (secondary N) is 1. The van der Waals surface area contributed by atoms with E-state index in [1.54, 1.807) is 7.11 Å². The molecule has 0 spiro atoms. The van der Waals surface area contributed by atoms with Crippen LogP contribution in [0.4, 0.5) is 5.69 Å². The van der Waals surface area contributed by atoms with Gasteiger partial charge in [0.1, 0.15) is 5.75 Å². The van der Waals surface area contributed by atoms with E-state index < -0.39 is 0 Å². The number of ether oxygens (including phenoxy) is 1. The van der Waals surface area contributed by atoms with Gasteiger partial charge in [0.15, 0.2) is 0 Å². The van der Waals surface area contributed by atoms with Gasteiger partial charge < -0.3 is 20.7 Å². The number of carbonyl (C=O) groups is 1. The molecular weight excluding hydrogens is 290 g/mol. The van der Waals surface area contributed by atoms with Crippen molar-refractivity contribution in [3.63, 3.8) is 0 Å². The predicted molar refractivity (Wildman–Crippen MR) is 93.9 cm³/mol. The number of carbonyl (C=O) groups excluding carboxylic acids is 1. The van der Waals surface area contributed by atoms with Gasteiger partial charge in [-0.05, 0) is 37.9 Å². The van der Waals surface area contributed by atoms with E-state index in [4.69, 9.17) is 10.5 Å². The molecule has 0 aromatic heterocycles. The maximum absolute atomic E-state index is 12.0. The molecule has 5 heteroatoms. The minimum atomic E-state index is 0.171. The van der Waals surface area contributed by atoms with E-state index in [0.29, 0.717) is 6.42 Å². The number of para-hydroxylation sites is 2. The van der Waals surface area contributed by atoms with E-state index in [-0.39, 0.29) is 11.9 Å². The van der Waals surface area contributed by atoms with Crippen molar-refractivity contribution in [2.45, 2.75) is 44.6 Å². The van der Waals surface area contributed by atoms with Gasteiger partial charge >= 0.3 is 0 Å². The van der Waals surface area contributed by atoms with Crippen LogP contribution in [0.2, 0.25) is 0 Å². The quantitative estimate of drug-likeness (QED) is 0.685. The molecule has 128 valence electrons. The van der Waals surface area contributed by atoms with Gasteiger partial charge in [0.05, 0.1) is 12.8 Å². The zero-order valence-electron chi connectivity index (χ0n) is 14.1. The van der Waals surface area contributed by atoms with Crippen molar-refractivity contribution in [1.29, 1.82) is 0 Å². The SMILES string of the molecule is COc1ccccc1N1CCC(NC(=O)CCCCCCN)C1. The number of rotatable bonds is 9. The molecule has 1 atom stereocenters. The van der Waals surface area contributed by atoms with Crippen molar-refractivity contribution >= 4 is 11.6 Å². The number of unbranched alkanes of at least 4 members (excludes halogenated alkanes) is 3. The Labute approximate surface area is 139 Å². The first-order valence-corrected chi connectivity index (χ1v) is 8.62. The zero-order valence-corrected chi connectivity index (χ0v) is 14.1. The van der Waals surface area contributed by atoms with Crippen LogP contribution in [0.25, 0.3) is 0 Å². The predicted octanol–water partition coefficient (Wildman–Crippen LogP) is 2.30. The highest BCUT2D eigenvalue weighted by Gasteiger charge is 2.25. The van der Waals surface area contributed by atoms with Gasteiger partial charge in [-0.25, -0.2) is 0 Å². The summed E-state index contributed by atoms with van der Waals surface area (Å²) in [5.74, 6) is 1.06. The molecule has 23 heavy (non-hydrogen) atoms. The van der Waals surface area contributed by atoms with Crippen LogP contribution in [0, 0.1) is 0 Å². The minimum Gasteiger partial charge on any atom is -0.495 e. The number of hydrogen-bond donors (Lipinski definition) is 2. The molecule has 1 amide bonds. The number of amides is 1. The van der Waals surface area contributed by atoms with E-state index in [1.807, 2.05) is 18.2 Å². The van der Waals surface area contributed by atoms with Crippen molar-refractivity contribution in [2.75, 3.05) is 31.6 Å². The summed E-state index contributed by atoms with van der Waals surface area (Å²) in [6, 6.07) is 8.27. The third-order valence-electron chi connectivity index (χ3n) is 4.34. The lowest BCUT2D eigenvalue weighted by molar-refractivity contribution is -0.121. The monoisotopic (exact) mass is 319 g/mol. The molecule has 0 aliphatic carbocycles. The van der Waals surface area contributed by atoms with Crippen LogP contribution in [-0.4, -0.2) is 38.7 Å². The zero-order chi connectivity index (χ0) is 16.5. The second-order valence-electron chi connectivity index (χ2n) is 6.12. The minimum absolute atomic E-state index is 0.171. The third kappa shape index (κ3) is 5.43. The number of methoxy groups -OCH3 is 1. The maximum Gasteiger partial charge on any atom is 0.220 e. The van der Waals surface area contributed by atoms with E-state index in [0.717, 1.165) is 63.2 Å². The maximum atomic E-state index is 12.0. The van der Waals surface area contributed by atoms with Gasteiger partial charge in [0.25, 0.3) is 0 Å². The molecule has 1 aliphatic heterocycles. The highest BCUT2D eigenvalue weighted by molar-refractivity contribution is 5.76. The lowest BCUT2D eigenvalue weighted by Crippen LogP contribution is -2.37. The topological polar surface area (TPSA) is 67.6 Å². The summed E-state index contributed by atoms with van der Waals surface area (Å²) in [7, 11) is 1.69.